The van der Waals surface area contributed by atoms with Crippen LogP contribution in [0.25, 0.3) is 0 Å². The smallest absolute Gasteiger partial charge is 0.257 e. The highest BCUT2D eigenvalue weighted by molar-refractivity contribution is 5.98. The Bertz CT molecular complexity index is 449. The van der Waals surface area contributed by atoms with E-state index in [4.69, 9.17) is 5.84 Å². The van der Waals surface area contributed by atoms with Gasteiger partial charge in [-0.25, -0.2) is 10.8 Å². The maximum Gasteiger partial charge on any atom is 0.257 e. The van der Waals surface area contributed by atoms with E-state index >= 15 is 0 Å². The summed E-state index contributed by atoms with van der Waals surface area (Å²) in [6.45, 7) is 2.25. The van der Waals surface area contributed by atoms with E-state index in [1.54, 1.807) is 18.3 Å². The van der Waals surface area contributed by atoms with Gasteiger partial charge in [0.2, 0.25) is 0 Å². The molecule has 5 heteroatoms. The number of nitrogen functional groups attached to an aromatic ring is 1. The fourth-order valence-corrected chi connectivity index (χ4v) is 2.80. The molecular formula is C14H22N4O. The summed E-state index contributed by atoms with van der Waals surface area (Å²) in [6, 6.07) is 3.83. The predicted molar refractivity (Wildman–Crippen MR) is 75.6 cm³/mol. The molecular weight excluding hydrogens is 240 g/mol. The molecule has 0 aliphatic heterocycles. The van der Waals surface area contributed by atoms with Gasteiger partial charge >= 0.3 is 0 Å². The van der Waals surface area contributed by atoms with E-state index < -0.39 is 0 Å². The molecule has 0 saturated heterocycles. The molecule has 1 aliphatic rings. The lowest BCUT2D eigenvalue weighted by Gasteiger charge is -2.34. The molecule has 1 fully saturated rings. The van der Waals surface area contributed by atoms with Crippen molar-refractivity contribution in [2.75, 3.05) is 12.5 Å². The molecule has 3 N–H and O–H groups in total. The Morgan fingerprint density at radius 1 is 1.53 bits per heavy atom. The number of hydrazine groups is 1. The lowest BCUT2D eigenvalue weighted by Crippen LogP contribution is -2.40. The fourth-order valence-electron chi connectivity index (χ4n) is 2.80. The zero-order chi connectivity index (χ0) is 13.8. The van der Waals surface area contributed by atoms with Crippen LogP contribution in [0.4, 0.5) is 5.82 Å². The fraction of sp³-hybridized carbons (Fsp3) is 0.571. The number of nitrogens with two attached hydrogens (primary N) is 1. The minimum atomic E-state index is -0.0137. The van der Waals surface area contributed by atoms with Crippen molar-refractivity contribution in [3.05, 3.63) is 23.9 Å². The number of pyridine rings is 1. The average Bonchev–Trinajstić information content (AvgIpc) is 2.45. The van der Waals surface area contributed by atoms with Gasteiger partial charge in [-0.15, -0.1) is 0 Å². The summed E-state index contributed by atoms with van der Waals surface area (Å²) in [5.41, 5.74) is 3.02. The molecule has 19 heavy (non-hydrogen) atoms. The van der Waals surface area contributed by atoms with Crippen molar-refractivity contribution in [3.63, 3.8) is 0 Å². The number of carbonyl (C=O) groups excluding carboxylic acids is 1. The molecule has 1 saturated carbocycles. The Morgan fingerprint density at radius 3 is 3.00 bits per heavy atom. The van der Waals surface area contributed by atoms with Crippen LogP contribution in [0.5, 0.6) is 0 Å². The van der Waals surface area contributed by atoms with E-state index in [0.29, 0.717) is 23.3 Å². The number of anilines is 1. The lowest BCUT2D eigenvalue weighted by molar-refractivity contribution is 0.0673. The molecule has 104 valence electrons. The van der Waals surface area contributed by atoms with Crippen molar-refractivity contribution in [2.24, 2.45) is 11.8 Å². The van der Waals surface area contributed by atoms with E-state index in [9.17, 15) is 4.79 Å². The van der Waals surface area contributed by atoms with Gasteiger partial charge < -0.3 is 10.3 Å². The second kappa shape index (κ2) is 6.02. The van der Waals surface area contributed by atoms with Crippen molar-refractivity contribution in [3.8, 4) is 0 Å². The third kappa shape index (κ3) is 3.04. The van der Waals surface area contributed by atoms with Gasteiger partial charge in [-0.2, -0.15) is 0 Å². The Balaban J connectivity index is 2.14. The zero-order valence-electron chi connectivity index (χ0n) is 11.6. The van der Waals surface area contributed by atoms with Crippen molar-refractivity contribution in [1.29, 1.82) is 0 Å². The molecule has 0 radical (unpaired) electrons. The van der Waals surface area contributed by atoms with Crippen LogP contribution in [0.2, 0.25) is 0 Å². The highest BCUT2D eigenvalue weighted by Crippen LogP contribution is 2.28. The normalized spacial score (nSPS) is 22.9. The van der Waals surface area contributed by atoms with Gasteiger partial charge in [-0.1, -0.05) is 19.8 Å². The van der Waals surface area contributed by atoms with E-state index in [1.165, 1.54) is 12.8 Å². The molecule has 1 heterocycles. The van der Waals surface area contributed by atoms with Crippen molar-refractivity contribution in [2.45, 2.75) is 38.6 Å². The molecule has 5 nitrogen and oxygen atoms in total. The quantitative estimate of drug-likeness (QED) is 0.646. The maximum atomic E-state index is 12.5. The minimum absolute atomic E-state index is 0.0137. The number of hydrogen-bond donors (Lipinski definition) is 2. The number of nitrogens with one attached hydrogen (secondary N) is 1. The van der Waals surface area contributed by atoms with Crippen LogP contribution in [0, 0.1) is 5.92 Å². The Kier molecular flexibility index (Phi) is 4.37. The van der Waals surface area contributed by atoms with Gasteiger partial charge in [-0.05, 0) is 30.9 Å². The summed E-state index contributed by atoms with van der Waals surface area (Å²) in [4.78, 5) is 18.4. The monoisotopic (exact) mass is 262 g/mol. The van der Waals surface area contributed by atoms with Crippen LogP contribution in [-0.2, 0) is 0 Å². The average molecular weight is 262 g/mol. The first-order valence-electron chi connectivity index (χ1n) is 6.82. The molecule has 0 bridgehead atoms. The number of amides is 1. The summed E-state index contributed by atoms with van der Waals surface area (Å²) in [6.07, 6.45) is 6.24. The molecule has 2 unspecified atom stereocenters. The van der Waals surface area contributed by atoms with E-state index in [0.717, 1.165) is 12.8 Å². The molecule has 1 aromatic rings. The number of aromatic nitrogens is 1. The summed E-state index contributed by atoms with van der Waals surface area (Å²) in [5, 5.41) is 0. The van der Waals surface area contributed by atoms with Gasteiger partial charge in [0.1, 0.15) is 0 Å². The number of nitrogens with zero attached hydrogens (tertiary/aromatic N) is 2. The van der Waals surface area contributed by atoms with Crippen LogP contribution in [-0.4, -0.2) is 28.9 Å². The van der Waals surface area contributed by atoms with Crippen molar-refractivity contribution >= 4 is 11.7 Å². The molecule has 0 spiro atoms. The van der Waals surface area contributed by atoms with Crippen LogP contribution in [0.1, 0.15) is 43.0 Å². The second-order valence-corrected chi connectivity index (χ2v) is 5.39. The number of rotatable bonds is 3. The van der Waals surface area contributed by atoms with Gasteiger partial charge in [-0.3, -0.25) is 4.79 Å². The van der Waals surface area contributed by atoms with Gasteiger partial charge in [0.05, 0.1) is 5.56 Å². The molecule has 1 aliphatic carbocycles. The first-order chi connectivity index (χ1) is 9.13. The second-order valence-electron chi connectivity index (χ2n) is 5.39. The number of hydrogen-bond acceptors (Lipinski definition) is 4. The van der Waals surface area contributed by atoms with Crippen LogP contribution in [0.15, 0.2) is 18.3 Å². The van der Waals surface area contributed by atoms with Crippen molar-refractivity contribution < 1.29 is 4.79 Å². The highest BCUT2D eigenvalue weighted by Gasteiger charge is 2.27. The Hall–Kier alpha value is -1.62. The third-order valence-corrected chi connectivity index (χ3v) is 3.95. The number of carbonyl (C=O) groups is 1. The van der Waals surface area contributed by atoms with Crippen LogP contribution >= 0.6 is 0 Å². The zero-order valence-corrected chi connectivity index (χ0v) is 11.6. The maximum absolute atomic E-state index is 12.5. The van der Waals surface area contributed by atoms with E-state index in [2.05, 4.69) is 17.3 Å². The summed E-state index contributed by atoms with van der Waals surface area (Å²) < 4.78 is 0. The predicted octanol–water partition coefficient (Wildman–Crippen LogP) is 2.02. The molecule has 1 aromatic heterocycles. The SMILES string of the molecule is CC1CCCC(N(C)C(=O)c2cccnc2NN)C1. The van der Waals surface area contributed by atoms with E-state index in [1.807, 2.05) is 11.9 Å². The standard InChI is InChI=1S/C14H22N4O/c1-10-5-3-6-11(9-10)18(2)14(19)12-7-4-8-16-13(12)17-15/h4,7-8,10-11H,3,5-6,9,15H2,1-2H3,(H,16,17). The largest absolute Gasteiger partial charge is 0.339 e. The molecule has 0 aromatic carbocycles. The van der Waals surface area contributed by atoms with E-state index in [-0.39, 0.29) is 5.91 Å². The van der Waals surface area contributed by atoms with Gasteiger partial charge in [0.25, 0.3) is 5.91 Å². The summed E-state index contributed by atoms with van der Waals surface area (Å²) in [7, 11) is 1.87. The van der Waals surface area contributed by atoms with Crippen LogP contribution in [0.3, 0.4) is 0 Å². The molecule has 2 rings (SSSR count). The first kappa shape index (κ1) is 13.8. The molecule has 1 amide bonds. The first-order valence-corrected chi connectivity index (χ1v) is 6.82. The summed E-state index contributed by atoms with van der Waals surface area (Å²) >= 11 is 0. The molecule has 2 atom stereocenters. The Labute approximate surface area is 114 Å². The Morgan fingerprint density at radius 2 is 2.32 bits per heavy atom. The van der Waals surface area contributed by atoms with Crippen LogP contribution < -0.4 is 11.3 Å². The summed E-state index contributed by atoms with van der Waals surface area (Å²) in [5.74, 6) is 6.52. The minimum Gasteiger partial charge on any atom is -0.339 e. The van der Waals surface area contributed by atoms with Gasteiger partial charge in [0.15, 0.2) is 5.82 Å². The van der Waals surface area contributed by atoms with Crippen molar-refractivity contribution in [1.82, 2.24) is 9.88 Å². The topological polar surface area (TPSA) is 71.2 Å². The third-order valence-electron chi connectivity index (χ3n) is 3.95. The van der Waals surface area contributed by atoms with Gasteiger partial charge in [0, 0.05) is 19.3 Å². The highest BCUT2D eigenvalue weighted by atomic mass is 16.2. The lowest BCUT2D eigenvalue weighted by atomic mass is 9.86.